The summed E-state index contributed by atoms with van der Waals surface area (Å²) in [5.74, 6) is -9.09. The van der Waals surface area contributed by atoms with Crippen LogP contribution >= 0.6 is 0 Å². The van der Waals surface area contributed by atoms with Crippen molar-refractivity contribution in [1.82, 2.24) is 0 Å². The largest absolute Gasteiger partial charge is 0.481 e. The van der Waals surface area contributed by atoms with Gasteiger partial charge in [0, 0.05) is 66.0 Å². The Balaban J connectivity index is 1.93. The zero-order chi connectivity index (χ0) is 40.0. The standard InChI is InChI=1S/C37H34O17/c1-16-9-27(46-17(2)38)26-15-33(54-37(45)25-13-31(49-20(5)41)36(52-23(8)44)32(14-25)50-21(6)42)34(53-28(26)10-16)24-11-29(47-18(3)39)35(51-22(7)43)30(12-24)48-19(4)40/h9-14,33-34H,15H2,1-8H3/t33-,34-/m1/s1. The lowest BCUT2D eigenvalue weighted by Gasteiger charge is -2.34. The number of ether oxygens (including phenoxy) is 9. The number of hydrogen-bond acceptors (Lipinski definition) is 17. The molecule has 3 aromatic rings. The Labute approximate surface area is 307 Å². The zero-order valence-electron chi connectivity index (χ0n) is 30.3. The van der Waals surface area contributed by atoms with Gasteiger partial charge in [-0.15, -0.1) is 0 Å². The molecule has 1 heterocycles. The molecule has 4 rings (SSSR count). The molecule has 0 bridgehead atoms. The van der Waals surface area contributed by atoms with Gasteiger partial charge in [0.05, 0.1) is 5.56 Å². The lowest BCUT2D eigenvalue weighted by molar-refractivity contribution is -0.135. The molecule has 0 aliphatic carbocycles. The fourth-order valence-corrected chi connectivity index (χ4v) is 5.28. The number of aryl methyl sites for hydroxylation is 1. The highest BCUT2D eigenvalue weighted by Crippen LogP contribution is 2.47. The molecule has 0 aromatic heterocycles. The average molecular weight is 751 g/mol. The molecule has 0 unspecified atom stereocenters. The molecule has 1 aliphatic rings. The Morgan fingerprint density at radius 1 is 0.519 bits per heavy atom. The lowest BCUT2D eigenvalue weighted by atomic mass is 9.92. The van der Waals surface area contributed by atoms with E-state index >= 15 is 0 Å². The topological polar surface area (TPSA) is 220 Å². The van der Waals surface area contributed by atoms with E-state index in [0.29, 0.717) is 11.1 Å². The van der Waals surface area contributed by atoms with Crippen molar-refractivity contribution in [2.45, 2.75) is 74.0 Å². The third-order valence-electron chi connectivity index (χ3n) is 6.96. The first-order valence-corrected chi connectivity index (χ1v) is 16.0. The summed E-state index contributed by atoms with van der Waals surface area (Å²) < 4.78 is 49.1. The molecular formula is C37H34O17. The van der Waals surface area contributed by atoms with E-state index in [9.17, 15) is 38.4 Å². The summed E-state index contributed by atoms with van der Waals surface area (Å²) in [5, 5.41) is 0. The Hall–Kier alpha value is -6.78. The Morgan fingerprint density at radius 2 is 0.907 bits per heavy atom. The van der Waals surface area contributed by atoms with Gasteiger partial charge in [0.15, 0.2) is 29.1 Å². The average Bonchev–Trinajstić information content (AvgIpc) is 3.02. The number of carbonyl (C=O) groups is 8. The molecule has 3 aromatic carbocycles. The second-order valence-corrected chi connectivity index (χ2v) is 11.7. The number of benzene rings is 3. The van der Waals surface area contributed by atoms with Crippen LogP contribution in [-0.4, -0.2) is 53.9 Å². The molecule has 54 heavy (non-hydrogen) atoms. The predicted molar refractivity (Wildman–Crippen MR) is 180 cm³/mol. The van der Waals surface area contributed by atoms with Gasteiger partial charge in [-0.1, -0.05) is 0 Å². The van der Waals surface area contributed by atoms with Crippen molar-refractivity contribution in [1.29, 1.82) is 0 Å². The van der Waals surface area contributed by atoms with E-state index in [1.54, 1.807) is 19.1 Å². The number of fused-ring (bicyclic) bond motifs is 1. The van der Waals surface area contributed by atoms with Crippen LogP contribution in [0.2, 0.25) is 0 Å². The third kappa shape index (κ3) is 10.2. The van der Waals surface area contributed by atoms with Gasteiger partial charge in [-0.2, -0.15) is 0 Å². The molecule has 17 heteroatoms. The molecule has 17 nitrogen and oxygen atoms in total. The van der Waals surface area contributed by atoms with Gasteiger partial charge in [-0.3, -0.25) is 33.6 Å². The van der Waals surface area contributed by atoms with Crippen molar-refractivity contribution < 1.29 is 81.0 Å². The Bertz CT molecular complexity index is 2000. The SMILES string of the molecule is CC(=O)Oc1cc(C)cc2c1C[C@@H](OC(=O)c1cc(OC(C)=O)c(OC(C)=O)c(OC(C)=O)c1)[C@@H](c1cc(OC(C)=O)c(OC(C)=O)c(OC(C)=O)c1)O2. The molecule has 0 saturated carbocycles. The van der Waals surface area contributed by atoms with Crippen LogP contribution in [0.4, 0.5) is 0 Å². The summed E-state index contributed by atoms with van der Waals surface area (Å²) in [5.41, 5.74) is 0.671. The molecule has 284 valence electrons. The molecule has 0 fully saturated rings. The minimum Gasteiger partial charge on any atom is -0.481 e. The molecule has 0 saturated heterocycles. The van der Waals surface area contributed by atoms with E-state index in [0.717, 1.165) is 53.7 Å². The fraction of sp³-hybridized carbons (Fsp3) is 0.297. The van der Waals surface area contributed by atoms with E-state index in [1.165, 1.54) is 19.1 Å². The van der Waals surface area contributed by atoms with E-state index in [1.807, 2.05) is 0 Å². The van der Waals surface area contributed by atoms with Crippen molar-refractivity contribution in [3.8, 4) is 46.0 Å². The van der Waals surface area contributed by atoms with Crippen LogP contribution < -0.4 is 37.9 Å². The summed E-state index contributed by atoms with van der Waals surface area (Å²) in [6.07, 6.45) is -2.81. The molecule has 0 N–H and O–H groups in total. The molecule has 0 amide bonds. The first-order valence-electron chi connectivity index (χ1n) is 16.0. The smallest absolute Gasteiger partial charge is 0.338 e. The first-order chi connectivity index (χ1) is 25.3. The van der Waals surface area contributed by atoms with Crippen molar-refractivity contribution in [2.24, 2.45) is 0 Å². The normalized spacial score (nSPS) is 14.2. The number of carbonyl (C=O) groups excluding carboxylic acids is 8. The summed E-state index contributed by atoms with van der Waals surface area (Å²) in [4.78, 5) is 98.1. The highest BCUT2D eigenvalue weighted by atomic mass is 16.6. The van der Waals surface area contributed by atoms with Gasteiger partial charge >= 0.3 is 47.8 Å². The van der Waals surface area contributed by atoms with Crippen molar-refractivity contribution in [3.05, 3.63) is 58.7 Å². The highest BCUT2D eigenvalue weighted by molar-refractivity contribution is 5.92. The fourth-order valence-electron chi connectivity index (χ4n) is 5.28. The van der Waals surface area contributed by atoms with E-state index < -0.39 is 83.0 Å². The van der Waals surface area contributed by atoms with Crippen molar-refractivity contribution in [3.63, 3.8) is 0 Å². The van der Waals surface area contributed by atoms with Crippen LogP contribution in [0.25, 0.3) is 0 Å². The maximum absolute atomic E-state index is 14.0. The van der Waals surface area contributed by atoms with E-state index in [4.69, 9.17) is 42.6 Å². The maximum Gasteiger partial charge on any atom is 0.338 e. The van der Waals surface area contributed by atoms with Gasteiger partial charge < -0.3 is 42.6 Å². The van der Waals surface area contributed by atoms with Crippen LogP contribution in [0.1, 0.15) is 81.6 Å². The minimum atomic E-state index is -1.33. The van der Waals surface area contributed by atoms with Gasteiger partial charge in [0.1, 0.15) is 17.6 Å². The van der Waals surface area contributed by atoms with Crippen LogP contribution in [0.5, 0.6) is 46.0 Å². The van der Waals surface area contributed by atoms with Gasteiger partial charge in [0.25, 0.3) is 0 Å². The first kappa shape index (κ1) is 40.0. The van der Waals surface area contributed by atoms with Gasteiger partial charge in [0.2, 0.25) is 11.5 Å². The molecule has 0 spiro atoms. The van der Waals surface area contributed by atoms with Gasteiger partial charge in [-0.25, -0.2) is 4.79 Å². The third-order valence-corrected chi connectivity index (χ3v) is 6.96. The zero-order valence-corrected chi connectivity index (χ0v) is 30.3. The maximum atomic E-state index is 14.0. The van der Waals surface area contributed by atoms with Crippen molar-refractivity contribution >= 4 is 47.8 Å². The summed E-state index contributed by atoms with van der Waals surface area (Å²) in [6.45, 7) is 9.25. The second kappa shape index (κ2) is 16.7. The molecular weight excluding hydrogens is 716 g/mol. The molecule has 0 radical (unpaired) electrons. The van der Waals surface area contributed by atoms with Gasteiger partial charge in [-0.05, 0) is 48.9 Å². The van der Waals surface area contributed by atoms with E-state index in [-0.39, 0.29) is 40.5 Å². The highest BCUT2D eigenvalue weighted by Gasteiger charge is 2.39. The minimum absolute atomic E-state index is 0.0869. The molecule has 1 aliphatic heterocycles. The van der Waals surface area contributed by atoms with Crippen LogP contribution in [-0.2, 0) is 44.7 Å². The predicted octanol–water partition coefficient (Wildman–Crippen LogP) is 4.37. The number of esters is 8. The number of hydrogen-bond donors (Lipinski definition) is 0. The monoisotopic (exact) mass is 750 g/mol. The molecule has 2 atom stereocenters. The lowest BCUT2D eigenvalue weighted by Crippen LogP contribution is -2.35. The van der Waals surface area contributed by atoms with Crippen molar-refractivity contribution in [2.75, 3.05) is 0 Å². The number of rotatable bonds is 10. The Kier molecular flexibility index (Phi) is 12.4. The quantitative estimate of drug-likeness (QED) is 0.207. The second-order valence-electron chi connectivity index (χ2n) is 11.7. The van der Waals surface area contributed by atoms with Crippen LogP contribution in [0, 0.1) is 6.92 Å². The summed E-state index contributed by atoms with van der Waals surface area (Å²) in [6, 6.07) is 7.72. The summed E-state index contributed by atoms with van der Waals surface area (Å²) in [7, 11) is 0. The van der Waals surface area contributed by atoms with E-state index in [2.05, 4.69) is 0 Å². The summed E-state index contributed by atoms with van der Waals surface area (Å²) >= 11 is 0. The Morgan fingerprint density at radius 3 is 1.31 bits per heavy atom. The van der Waals surface area contributed by atoms with Crippen LogP contribution in [0.15, 0.2) is 36.4 Å². The van der Waals surface area contributed by atoms with Crippen LogP contribution in [0.3, 0.4) is 0 Å².